The van der Waals surface area contributed by atoms with Gasteiger partial charge in [-0.05, 0) is 40.0 Å². The lowest BCUT2D eigenvalue weighted by atomic mass is 9.95. The van der Waals surface area contributed by atoms with Crippen molar-refractivity contribution in [1.29, 1.82) is 0 Å². The van der Waals surface area contributed by atoms with E-state index < -0.39 is 5.60 Å². The van der Waals surface area contributed by atoms with Crippen molar-refractivity contribution in [2.45, 2.75) is 70.9 Å². The summed E-state index contributed by atoms with van der Waals surface area (Å²) < 4.78 is 5.41. The first-order valence-corrected chi connectivity index (χ1v) is 8.33. The van der Waals surface area contributed by atoms with Gasteiger partial charge in [0.1, 0.15) is 5.60 Å². The summed E-state index contributed by atoms with van der Waals surface area (Å²) >= 11 is 0. The molecule has 120 valence electrons. The van der Waals surface area contributed by atoms with E-state index in [1.807, 2.05) is 20.8 Å². The van der Waals surface area contributed by atoms with Gasteiger partial charge in [-0.15, -0.1) is 0 Å². The molecule has 4 heteroatoms. The molecule has 1 aliphatic carbocycles. The number of amides is 1. The summed E-state index contributed by atoms with van der Waals surface area (Å²) in [6.45, 7) is 8.15. The summed E-state index contributed by atoms with van der Waals surface area (Å²) in [4.78, 5) is 13.8. The van der Waals surface area contributed by atoms with Gasteiger partial charge in [0.15, 0.2) is 0 Å². The number of hydrogen-bond donors (Lipinski definition) is 1. The van der Waals surface area contributed by atoms with Gasteiger partial charge in [0.2, 0.25) is 0 Å². The smallest absolute Gasteiger partial charge is 0.410 e. The van der Waals surface area contributed by atoms with Gasteiger partial charge in [-0.3, -0.25) is 0 Å². The van der Waals surface area contributed by atoms with Crippen LogP contribution in [0.1, 0.15) is 59.3 Å². The zero-order valence-electron chi connectivity index (χ0n) is 13.8. The molecular formula is C17H30N2O2. The summed E-state index contributed by atoms with van der Waals surface area (Å²) in [6.07, 6.45) is 9.70. The maximum Gasteiger partial charge on any atom is 0.410 e. The first kappa shape index (κ1) is 16.3. The van der Waals surface area contributed by atoms with Crippen LogP contribution in [0.5, 0.6) is 0 Å². The lowest BCUT2D eigenvalue weighted by molar-refractivity contribution is 0.0265. The number of carbonyl (C=O) groups is 1. The lowest BCUT2D eigenvalue weighted by Crippen LogP contribution is -2.40. The van der Waals surface area contributed by atoms with Crippen molar-refractivity contribution in [1.82, 2.24) is 10.2 Å². The van der Waals surface area contributed by atoms with Gasteiger partial charge >= 0.3 is 6.09 Å². The third kappa shape index (κ3) is 5.70. The molecule has 21 heavy (non-hydrogen) atoms. The number of rotatable bonds is 3. The van der Waals surface area contributed by atoms with E-state index in [4.69, 9.17) is 4.74 Å². The summed E-state index contributed by atoms with van der Waals surface area (Å²) in [5, 5.41) is 3.67. The van der Waals surface area contributed by atoms with Crippen molar-refractivity contribution in [2.75, 3.05) is 19.6 Å². The molecule has 0 radical (unpaired) electrons. The second-order valence-electron chi connectivity index (χ2n) is 7.25. The Bertz CT molecular complexity index is 379. The molecule has 4 nitrogen and oxygen atoms in total. The van der Waals surface area contributed by atoms with E-state index in [0.717, 1.165) is 19.5 Å². The summed E-state index contributed by atoms with van der Waals surface area (Å²) in [5.74, 6) is 0. The Balaban J connectivity index is 1.72. The molecule has 1 fully saturated rings. The first-order chi connectivity index (χ1) is 9.94. The zero-order valence-corrected chi connectivity index (χ0v) is 13.8. The van der Waals surface area contributed by atoms with Crippen molar-refractivity contribution in [3.63, 3.8) is 0 Å². The zero-order chi connectivity index (χ0) is 15.3. The quantitative estimate of drug-likeness (QED) is 0.810. The third-order valence-electron chi connectivity index (χ3n) is 4.18. The maximum absolute atomic E-state index is 12.0. The standard InChI is InChI=1S/C17H30N2O2/c1-17(2,3)21-16(20)19-11-9-14(10-12-19)13-18-15-7-5-4-6-8-15/h9,15,18H,4-8,10-13H2,1-3H3. The first-order valence-electron chi connectivity index (χ1n) is 8.33. The molecule has 0 unspecified atom stereocenters. The molecule has 1 heterocycles. The van der Waals surface area contributed by atoms with Crippen LogP contribution in [-0.2, 0) is 4.74 Å². The highest BCUT2D eigenvalue weighted by atomic mass is 16.6. The van der Waals surface area contributed by atoms with E-state index in [1.165, 1.54) is 37.7 Å². The Morgan fingerprint density at radius 1 is 1.33 bits per heavy atom. The Hall–Kier alpha value is -1.03. The van der Waals surface area contributed by atoms with Crippen LogP contribution in [0.25, 0.3) is 0 Å². The monoisotopic (exact) mass is 294 g/mol. The molecule has 2 rings (SSSR count). The SMILES string of the molecule is CC(C)(C)OC(=O)N1CC=C(CNC2CCCCC2)CC1. The molecule has 0 spiro atoms. The van der Waals surface area contributed by atoms with Crippen LogP contribution in [0.2, 0.25) is 0 Å². The average molecular weight is 294 g/mol. The highest BCUT2D eigenvalue weighted by Crippen LogP contribution is 2.19. The minimum atomic E-state index is -0.413. The predicted molar refractivity (Wildman–Crippen MR) is 85.4 cm³/mol. The van der Waals surface area contributed by atoms with Gasteiger partial charge < -0.3 is 15.0 Å². The Labute approximate surface area is 128 Å². The van der Waals surface area contributed by atoms with Gasteiger partial charge in [0.05, 0.1) is 0 Å². The molecule has 1 aliphatic heterocycles. The van der Waals surface area contributed by atoms with Crippen LogP contribution in [-0.4, -0.2) is 42.3 Å². The topological polar surface area (TPSA) is 41.6 Å². The minimum absolute atomic E-state index is 0.196. The van der Waals surface area contributed by atoms with Gasteiger partial charge in [-0.1, -0.05) is 30.9 Å². The fourth-order valence-corrected chi connectivity index (χ4v) is 2.95. The molecule has 0 atom stereocenters. The number of carbonyl (C=O) groups excluding carboxylic acids is 1. The van der Waals surface area contributed by atoms with Gasteiger partial charge in [-0.2, -0.15) is 0 Å². The number of nitrogens with one attached hydrogen (secondary N) is 1. The molecule has 0 aromatic carbocycles. The van der Waals surface area contributed by atoms with Crippen LogP contribution in [0, 0.1) is 0 Å². The normalized spacial score (nSPS) is 21.1. The second-order valence-corrected chi connectivity index (χ2v) is 7.25. The number of hydrogen-bond acceptors (Lipinski definition) is 3. The molecule has 0 bridgehead atoms. The van der Waals surface area contributed by atoms with Gasteiger partial charge in [-0.25, -0.2) is 4.79 Å². The largest absolute Gasteiger partial charge is 0.444 e. The fraction of sp³-hybridized carbons (Fsp3) is 0.824. The van der Waals surface area contributed by atoms with Crippen LogP contribution in [0.15, 0.2) is 11.6 Å². The molecule has 2 aliphatic rings. The van der Waals surface area contributed by atoms with E-state index in [9.17, 15) is 4.79 Å². The predicted octanol–water partition coefficient (Wildman–Crippen LogP) is 3.48. The van der Waals surface area contributed by atoms with Crippen molar-refractivity contribution in [3.05, 3.63) is 11.6 Å². The molecule has 0 aromatic rings. The summed E-state index contributed by atoms with van der Waals surface area (Å²) in [5.41, 5.74) is 1.02. The molecule has 1 saturated carbocycles. The van der Waals surface area contributed by atoms with Gasteiger partial charge in [0.25, 0.3) is 0 Å². The van der Waals surface area contributed by atoms with Crippen LogP contribution in [0.4, 0.5) is 4.79 Å². The molecule has 1 amide bonds. The van der Waals surface area contributed by atoms with Crippen LogP contribution >= 0.6 is 0 Å². The van der Waals surface area contributed by atoms with E-state index in [-0.39, 0.29) is 6.09 Å². The van der Waals surface area contributed by atoms with Gasteiger partial charge in [0, 0.05) is 25.7 Å². The van der Waals surface area contributed by atoms with Crippen LogP contribution in [0.3, 0.4) is 0 Å². The second kappa shape index (κ2) is 7.30. The Kier molecular flexibility index (Phi) is 5.68. The van der Waals surface area contributed by atoms with Crippen molar-refractivity contribution < 1.29 is 9.53 Å². The Morgan fingerprint density at radius 2 is 2.05 bits per heavy atom. The van der Waals surface area contributed by atoms with Crippen molar-refractivity contribution in [3.8, 4) is 0 Å². The Morgan fingerprint density at radius 3 is 2.62 bits per heavy atom. The maximum atomic E-state index is 12.0. The van der Waals surface area contributed by atoms with E-state index in [0.29, 0.717) is 12.6 Å². The highest BCUT2D eigenvalue weighted by molar-refractivity contribution is 5.68. The molecule has 0 saturated heterocycles. The third-order valence-corrected chi connectivity index (χ3v) is 4.18. The van der Waals surface area contributed by atoms with E-state index in [2.05, 4.69) is 11.4 Å². The average Bonchev–Trinajstić information content (AvgIpc) is 2.45. The van der Waals surface area contributed by atoms with E-state index >= 15 is 0 Å². The van der Waals surface area contributed by atoms with E-state index in [1.54, 1.807) is 4.90 Å². The summed E-state index contributed by atoms with van der Waals surface area (Å²) in [6, 6.07) is 0.698. The minimum Gasteiger partial charge on any atom is -0.444 e. The number of ether oxygens (including phenoxy) is 1. The fourth-order valence-electron chi connectivity index (χ4n) is 2.95. The van der Waals surface area contributed by atoms with Crippen molar-refractivity contribution >= 4 is 6.09 Å². The van der Waals surface area contributed by atoms with Crippen molar-refractivity contribution in [2.24, 2.45) is 0 Å². The number of nitrogens with zero attached hydrogens (tertiary/aromatic N) is 1. The molecule has 1 N–H and O–H groups in total. The molecular weight excluding hydrogens is 264 g/mol. The van der Waals surface area contributed by atoms with Crippen LogP contribution < -0.4 is 5.32 Å². The summed E-state index contributed by atoms with van der Waals surface area (Å²) in [7, 11) is 0. The lowest BCUT2D eigenvalue weighted by Gasteiger charge is -2.30. The highest BCUT2D eigenvalue weighted by Gasteiger charge is 2.23. The molecule has 0 aromatic heterocycles.